The van der Waals surface area contributed by atoms with Crippen molar-refractivity contribution in [1.82, 2.24) is 4.98 Å². The number of hydrogen-bond acceptors (Lipinski definition) is 2. The molecule has 0 fully saturated rings. The molecule has 188 valence electrons. The Kier molecular flexibility index (Phi) is 5.18. The molecule has 2 aromatic heterocycles. The van der Waals surface area contributed by atoms with Crippen molar-refractivity contribution in [2.75, 3.05) is 0 Å². The Bertz CT molecular complexity index is 1730. The smallest absolute Gasteiger partial charge is 0.228 e. The predicted molar refractivity (Wildman–Crippen MR) is 154 cm³/mol. The lowest BCUT2D eigenvalue weighted by atomic mass is 9.81. The monoisotopic (exact) mass is 489 g/mol. The third-order valence-electron chi connectivity index (χ3n) is 7.59. The Morgan fingerprint density at radius 2 is 1.51 bits per heavy atom. The van der Waals surface area contributed by atoms with Crippen LogP contribution in [0.4, 0.5) is 0 Å². The van der Waals surface area contributed by atoms with Crippen LogP contribution in [-0.4, -0.2) is 4.98 Å². The molecule has 3 heterocycles. The number of fused-ring (bicyclic) bond motifs is 5. The van der Waals surface area contributed by atoms with Gasteiger partial charge in [-0.05, 0) is 64.5 Å². The molecule has 0 saturated heterocycles. The highest BCUT2D eigenvalue weighted by molar-refractivity contribution is 6.16. The molecule has 1 aliphatic heterocycles. The van der Waals surface area contributed by atoms with E-state index in [2.05, 4.69) is 109 Å². The molecule has 6 rings (SSSR count). The summed E-state index contributed by atoms with van der Waals surface area (Å²) in [7, 11) is 2.16. The molecular weight excluding hydrogens is 452 g/mol. The lowest BCUT2D eigenvalue weighted by Gasteiger charge is -2.28. The molecule has 0 unspecified atom stereocenters. The number of aromatic nitrogens is 2. The third kappa shape index (κ3) is 3.87. The molecule has 5 aromatic rings. The van der Waals surface area contributed by atoms with E-state index in [9.17, 15) is 0 Å². The first-order valence-electron chi connectivity index (χ1n) is 13.4. The van der Waals surface area contributed by atoms with Gasteiger partial charge in [0.2, 0.25) is 5.69 Å². The molecule has 0 aliphatic carbocycles. The molecule has 3 aromatic carbocycles. The first-order valence-corrected chi connectivity index (χ1v) is 13.4. The highest BCUT2D eigenvalue weighted by atomic mass is 16.5. The summed E-state index contributed by atoms with van der Waals surface area (Å²) in [6.45, 7) is 16.0. The van der Waals surface area contributed by atoms with Crippen LogP contribution in [0.5, 0.6) is 11.5 Å². The van der Waals surface area contributed by atoms with Crippen molar-refractivity contribution in [3.8, 4) is 22.8 Å². The average molecular weight is 490 g/mol. The molecule has 3 heteroatoms. The van der Waals surface area contributed by atoms with Gasteiger partial charge >= 0.3 is 0 Å². The fourth-order valence-corrected chi connectivity index (χ4v) is 6.13. The number of aryl methyl sites for hydroxylation is 2. The van der Waals surface area contributed by atoms with Crippen LogP contribution < -0.4 is 9.30 Å². The Morgan fingerprint density at radius 3 is 2.22 bits per heavy atom. The van der Waals surface area contributed by atoms with Gasteiger partial charge < -0.3 is 4.74 Å². The second kappa shape index (κ2) is 8.02. The molecular formula is C34H37N2O+. The molecule has 0 amide bonds. The molecule has 37 heavy (non-hydrogen) atoms. The Labute approximate surface area is 220 Å². The lowest BCUT2D eigenvalue weighted by molar-refractivity contribution is -0.659. The lowest BCUT2D eigenvalue weighted by Crippen LogP contribution is -2.32. The van der Waals surface area contributed by atoms with Gasteiger partial charge in [-0.25, -0.2) is 4.57 Å². The van der Waals surface area contributed by atoms with Crippen LogP contribution in [0.3, 0.4) is 0 Å². The van der Waals surface area contributed by atoms with E-state index < -0.39 is 0 Å². The van der Waals surface area contributed by atoms with E-state index in [1.165, 1.54) is 54.7 Å². The summed E-state index contributed by atoms with van der Waals surface area (Å²) in [6, 6.07) is 15.5. The largest absolute Gasteiger partial charge is 0.455 e. The van der Waals surface area contributed by atoms with Crippen LogP contribution in [0.1, 0.15) is 58.4 Å². The van der Waals surface area contributed by atoms with E-state index in [4.69, 9.17) is 9.72 Å². The molecule has 3 nitrogen and oxygen atoms in total. The zero-order valence-electron chi connectivity index (χ0n) is 23.4. The molecule has 0 bridgehead atoms. The zero-order valence-corrected chi connectivity index (χ0v) is 23.4. The van der Waals surface area contributed by atoms with Crippen molar-refractivity contribution in [1.29, 1.82) is 0 Å². The van der Waals surface area contributed by atoms with Gasteiger partial charge in [-0.2, -0.15) is 0 Å². The van der Waals surface area contributed by atoms with Crippen LogP contribution in [-0.2, 0) is 19.9 Å². The Hall–Kier alpha value is -3.46. The van der Waals surface area contributed by atoms with E-state index in [-0.39, 0.29) is 10.8 Å². The SMILES string of the molecule is Cc1c2c(c(CC(C)(C)C)c3ccccc13)Oc1cc3c(CC(C)(C)C)nccc3c3cc[n+](C)c-2c13. The minimum Gasteiger partial charge on any atom is -0.455 e. The van der Waals surface area contributed by atoms with E-state index in [1.807, 2.05) is 6.20 Å². The number of hydrogen-bond donors (Lipinski definition) is 0. The van der Waals surface area contributed by atoms with Gasteiger partial charge in [0, 0.05) is 34.3 Å². The van der Waals surface area contributed by atoms with Crippen molar-refractivity contribution >= 4 is 32.3 Å². The van der Waals surface area contributed by atoms with Crippen molar-refractivity contribution in [3.63, 3.8) is 0 Å². The van der Waals surface area contributed by atoms with Crippen molar-refractivity contribution in [2.45, 2.75) is 61.3 Å². The van der Waals surface area contributed by atoms with Crippen molar-refractivity contribution in [2.24, 2.45) is 17.9 Å². The summed E-state index contributed by atoms with van der Waals surface area (Å²) >= 11 is 0. The number of benzene rings is 3. The predicted octanol–water partition coefficient (Wildman–Crippen LogP) is 8.62. The summed E-state index contributed by atoms with van der Waals surface area (Å²) < 4.78 is 9.30. The van der Waals surface area contributed by atoms with Gasteiger partial charge in [-0.15, -0.1) is 0 Å². The maximum Gasteiger partial charge on any atom is 0.228 e. The zero-order chi connectivity index (χ0) is 26.3. The number of ether oxygens (including phenoxy) is 1. The van der Waals surface area contributed by atoms with Crippen LogP contribution in [0.15, 0.2) is 54.9 Å². The minimum atomic E-state index is 0.122. The molecule has 1 aliphatic rings. The van der Waals surface area contributed by atoms with E-state index in [0.29, 0.717) is 0 Å². The Balaban J connectivity index is 1.76. The number of rotatable bonds is 2. The number of pyridine rings is 2. The second-order valence-electron chi connectivity index (χ2n) is 13.2. The fraction of sp³-hybridized carbons (Fsp3) is 0.353. The summed E-state index contributed by atoms with van der Waals surface area (Å²) in [5.41, 5.74) is 6.44. The molecule has 0 saturated carbocycles. The first kappa shape index (κ1) is 23.9. The highest BCUT2D eigenvalue weighted by Gasteiger charge is 2.34. The topological polar surface area (TPSA) is 26.0 Å². The second-order valence-corrected chi connectivity index (χ2v) is 13.2. The van der Waals surface area contributed by atoms with Crippen LogP contribution in [0.2, 0.25) is 0 Å². The summed E-state index contributed by atoms with van der Waals surface area (Å²) in [4.78, 5) is 4.84. The summed E-state index contributed by atoms with van der Waals surface area (Å²) in [5.74, 6) is 1.96. The van der Waals surface area contributed by atoms with Crippen LogP contribution >= 0.6 is 0 Å². The van der Waals surface area contributed by atoms with Gasteiger partial charge in [0.1, 0.15) is 18.5 Å². The fourth-order valence-electron chi connectivity index (χ4n) is 6.13. The van der Waals surface area contributed by atoms with E-state index in [0.717, 1.165) is 30.0 Å². The molecule has 0 N–H and O–H groups in total. The van der Waals surface area contributed by atoms with E-state index in [1.54, 1.807) is 0 Å². The summed E-state index contributed by atoms with van der Waals surface area (Å²) in [6.07, 6.45) is 6.03. The normalized spacial score (nSPS) is 13.3. The number of nitrogens with zero attached hydrogens (tertiary/aromatic N) is 2. The van der Waals surface area contributed by atoms with Crippen molar-refractivity contribution in [3.05, 3.63) is 71.7 Å². The Morgan fingerprint density at radius 1 is 0.811 bits per heavy atom. The van der Waals surface area contributed by atoms with Gasteiger partial charge in [-0.3, -0.25) is 4.98 Å². The average Bonchev–Trinajstić information content (AvgIpc) is 2.82. The molecule has 0 radical (unpaired) electrons. The van der Waals surface area contributed by atoms with Crippen LogP contribution in [0.25, 0.3) is 43.6 Å². The molecule has 0 spiro atoms. The first-order chi connectivity index (χ1) is 17.4. The quantitative estimate of drug-likeness (QED) is 0.180. The summed E-state index contributed by atoms with van der Waals surface area (Å²) in [5, 5.41) is 7.46. The maximum atomic E-state index is 7.02. The molecule has 0 atom stereocenters. The van der Waals surface area contributed by atoms with Gasteiger partial charge in [0.15, 0.2) is 6.20 Å². The minimum absolute atomic E-state index is 0.122. The highest BCUT2D eigenvalue weighted by Crippen LogP contribution is 2.52. The van der Waals surface area contributed by atoms with Gasteiger partial charge in [0.05, 0.1) is 10.9 Å². The van der Waals surface area contributed by atoms with E-state index >= 15 is 0 Å². The maximum absolute atomic E-state index is 7.02. The van der Waals surface area contributed by atoms with Crippen molar-refractivity contribution < 1.29 is 9.30 Å². The standard InChI is InChI=1S/C34H37N2O/c1-20-21-11-9-10-12-22(21)26(18-33(2,3)4)32-29(20)31-30-24(14-16-36(31)8)23-13-15-35-27(19-34(5,6)7)25(23)17-28(30)37-32/h9-17H,18-19H2,1-8H3/q+1. The van der Waals surface area contributed by atoms with Gasteiger partial charge in [0.25, 0.3) is 0 Å². The van der Waals surface area contributed by atoms with Gasteiger partial charge in [-0.1, -0.05) is 65.8 Å². The van der Waals surface area contributed by atoms with Crippen LogP contribution in [0, 0.1) is 17.8 Å². The third-order valence-corrected chi connectivity index (χ3v) is 7.59.